The third-order valence-electron chi connectivity index (χ3n) is 2.78. The Hall–Kier alpha value is -1.19. The van der Waals surface area contributed by atoms with Crippen LogP contribution in [-0.4, -0.2) is 0 Å². The van der Waals surface area contributed by atoms with Crippen LogP contribution < -0.4 is 5.73 Å². The second kappa shape index (κ2) is 4.98. The Bertz CT molecular complexity index is 383. The van der Waals surface area contributed by atoms with Crippen LogP contribution in [0.2, 0.25) is 0 Å². The summed E-state index contributed by atoms with van der Waals surface area (Å²) in [6.45, 7) is 6.04. The van der Waals surface area contributed by atoms with Crippen molar-refractivity contribution in [2.75, 3.05) is 5.73 Å². The molecule has 1 aromatic rings. The van der Waals surface area contributed by atoms with Crippen molar-refractivity contribution in [1.29, 1.82) is 0 Å². The first-order chi connectivity index (χ1) is 7.71. The predicted octanol–water partition coefficient (Wildman–Crippen LogP) is 4.44. The summed E-state index contributed by atoms with van der Waals surface area (Å²) < 4.78 is 38.0. The molecule has 0 radical (unpaired) electrons. The first kappa shape index (κ1) is 13.9. The Morgan fingerprint density at radius 3 is 2.24 bits per heavy atom. The Morgan fingerprint density at radius 2 is 1.76 bits per heavy atom. The van der Waals surface area contributed by atoms with Crippen LogP contribution in [0.3, 0.4) is 0 Å². The lowest BCUT2D eigenvalue weighted by molar-refractivity contribution is -0.136. The zero-order valence-corrected chi connectivity index (χ0v) is 10.3. The molecule has 0 saturated carbocycles. The van der Waals surface area contributed by atoms with Crippen molar-refractivity contribution in [1.82, 2.24) is 0 Å². The fourth-order valence-corrected chi connectivity index (χ4v) is 1.97. The van der Waals surface area contributed by atoms with Gasteiger partial charge in [-0.3, -0.25) is 0 Å². The molecule has 1 unspecified atom stereocenters. The van der Waals surface area contributed by atoms with E-state index in [2.05, 4.69) is 13.8 Å². The molecule has 0 saturated heterocycles. The highest BCUT2D eigenvalue weighted by atomic mass is 19.4. The number of benzene rings is 1. The van der Waals surface area contributed by atoms with Gasteiger partial charge in [-0.25, -0.2) is 0 Å². The van der Waals surface area contributed by atoms with Gasteiger partial charge in [-0.1, -0.05) is 26.8 Å². The van der Waals surface area contributed by atoms with Crippen molar-refractivity contribution in [3.8, 4) is 0 Å². The maximum absolute atomic E-state index is 12.7. The van der Waals surface area contributed by atoms with Gasteiger partial charge in [-0.15, -0.1) is 0 Å². The van der Waals surface area contributed by atoms with Gasteiger partial charge in [0, 0.05) is 5.69 Å². The maximum Gasteiger partial charge on any atom is 0.418 e. The fraction of sp³-hybridized carbons (Fsp3) is 0.538. The zero-order chi connectivity index (χ0) is 13.2. The summed E-state index contributed by atoms with van der Waals surface area (Å²) in [6, 6.07) is 4.19. The minimum atomic E-state index is -4.38. The second-order valence-corrected chi connectivity index (χ2v) is 4.88. The van der Waals surface area contributed by atoms with Gasteiger partial charge in [0.05, 0.1) is 5.56 Å². The molecule has 4 heteroatoms. The van der Waals surface area contributed by atoms with Gasteiger partial charge in [0.2, 0.25) is 0 Å². The number of nitrogen functional groups attached to an aromatic ring is 1. The van der Waals surface area contributed by atoms with Crippen molar-refractivity contribution < 1.29 is 13.2 Å². The largest absolute Gasteiger partial charge is 0.418 e. The van der Waals surface area contributed by atoms with Gasteiger partial charge >= 0.3 is 6.18 Å². The number of alkyl halides is 3. The standard InChI is InChI=1S/C13H18F3N/c1-8(2)6-9(3)10-4-5-12(17)11(7-10)13(14,15)16/h4-5,7-9H,6,17H2,1-3H3. The quantitative estimate of drug-likeness (QED) is 0.783. The molecule has 17 heavy (non-hydrogen) atoms. The lowest BCUT2D eigenvalue weighted by Gasteiger charge is -2.17. The Kier molecular flexibility index (Phi) is 4.07. The summed E-state index contributed by atoms with van der Waals surface area (Å²) in [7, 11) is 0. The van der Waals surface area contributed by atoms with Gasteiger partial charge in [0.25, 0.3) is 0 Å². The van der Waals surface area contributed by atoms with Crippen LogP contribution >= 0.6 is 0 Å². The molecule has 0 aliphatic carbocycles. The summed E-state index contributed by atoms with van der Waals surface area (Å²) >= 11 is 0. The lowest BCUT2D eigenvalue weighted by atomic mass is 9.90. The molecule has 0 spiro atoms. The molecule has 96 valence electrons. The van der Waals surface area contributed by atoms with Crippen molar-refractivity contribution >= 4 is 5.69 Å². The smallest absolute Gasteiger partial charge is 0.398 e. The van der Waals surface area contributed by atoms with E-state index in [1.54, 1.807) is 6.07 Å². The average Bonchev–Trinajstić information content (AvgIpc) is 2.15. The Labute approximate surface area is 99.8 Å². The third kappa shape index (κ3) is 3.65. The highest BCUT2D eigenvalue weighted by molar-refractivity contribution is 5.50. The molecular formula is C13H18F3N. The number of halogens is 3. The Balaban J connectivity index is 3.04. The van der Waals surface area contributed by atoms with Crippen LogP contribution in [0.5, 0.6) is 0 Å². The molecule has 2 N–H and O–H groups in total. The fourth-order valence-electron chi connectivity index (χ4n) is 1.97. The summed E-state index contributed by atoms with van der Waals surface area (Å²) in [5, 5.41) is 0. The Morgan fingerprint density at radius 1 is 1.18 bits per heavy atom. The molecule has 1 rings (SSSR count). The molecule has 0 heterocycles. The van der Waals surface area contributed by atoms with Crippen molar-refractivity contribution in [2.45, 2.75) is 39.3 Å². The summed E-state index contributed by atoms with van der Waals surface area (Å²) in [6.07, 6.45) is -3.52. The van der Waals surface area contributed by atoms with E-state index in [1.165, 1.54) is 12.1 Å². The molecule has 0 aromatic heterocycles. The van der Waals surface area contributed by atoms with Crippen LogP contribution in [0, 0.1) is 5.92 Å². The van der Waals surface area contributed by atoms with Gasteiger partial charge in [-0.05, 0) is 36.0 Å². The maximum atomic E-state index is 12.7. The number of hydrogen-bond donors (Lipinski definition) is 1. The minimum absolute atomic E-state index is 0.108. The molecule has 0 aliphatic rings. The predicted molar refractivity (Wildman–Crippen MR) is 63.7 cm³/mol. The lowest BCUT2D eigenvalue weighted by Crippen LogP contribution is -2.10. The number of nitrogens with two attached hydrogens (primary N) is 1. The van der Waals surface area contributed by atoms with Gasteiger partial charge in [0.1, 0.15) is 0 Å². The van der Waals surface area contributed by atoms with Gasteiger partial charge < -0.3 is 5.73 Å². The van der Waals surface area contributed by atoms with Crippen LogP contribution in [0.4, 0.5) is 18.9 Å². The van der Waals surface area contributed by atoms with E-state index in [1.807, 2.05) is 6.92 Å². The minimum Gasteiger partial charge on any atom is -0.398 e. The molecule has 0 fully saturated rings. The van der Waals surface area contributed by atoms with E-state index in [0.717, 1.165) is 6.42 Å². The van der Waals surface area contributed by atoms with E-state index < -0.39 is 11.7 Å². The van der Waals surface area contributed by atoms with E-state index in [4.69, 9.17) is 5.73 Å². The van der Waals surface area contributed by atoms with Gasteiger partial charge in [0.15, 0.2) is 0 Å². The van der Waals surface area contributed by atoms with Crippen LogP contribution in [-0.2, 0) is 6.18 Å². The van der Waals surface area contributed by atoms with Gasteiger partial charge in [-0.2, -0.15) is 13.2 Å². The normalized spacial score (nSPS) is 14.1. The highest BCUT2D eigenvalue weighted by Gasteiger charge is 2.33. The number of anilines is 1. The topological polar surface area (TPSA) is 26.0 Å². The molecule has 0 amide bonds. The van der Waals surface area contributed by atoms with Crippen LogP contribution in [0.1, 0.15) is 44.2 Å². The van der Waals surface area contributed by atoms with Crippen molar-refractivity contribution in [2.24, 2.45) is 5.92 Å². The summed E-state index contributed by atoms with van der Waals surface area (Å²) in [5.41, 5.74) is 5.11. The molecular weight excluding hydrogens is 227 g/mol. The molecule has 0 bridgehead atoms. The van der Waals surface area contributed by atoms with E-state index in [9.17, 15) is 13.2 Å². The zero-order valence-electron chi connectivity index (χ0n) is 10.3. The first-order valence-electron chi connectivity index (χ1n) is 5.68. The molecule has 0 aliphatic heterocycles. The highest BCUT2D eigenvalue weighted by Crippen LogP contribution is 2.36. The number of hydrogen-bond acceptors (Lipinski definition) is 1. The van der Waals surface area contributed by atoms with Crippen molar-refractivity contribution in [3.05, 3.63) is 29.3 Å². The third-order valence-corrected chi connectivity index (χ3v) is 2.78. The average molecular weight is 245 g/mol. The summed E-state index contributed by atoms with van der Waals surface area (Å²) in [4.78, 5) is 0. The monoisotopic (exact) mass is 245 g/mol. The molecule has 1 nitrogen and oxygen atoms in total. The van der Waals surface area contributed by atoms with E-state index in [-0.39, 0.29) is 11.6 Å². The first-order valence-corrected chi connectivity index (χ1v) is 5.68. The van der Waals surface area contributed by atoms with E-state index in [0.29, 0.717) is 11.5 Å². The van der Waals surface area contributed by atoms with E-state index >= 15 is 0 Å². The second-order valence-electron chi connectivity index (χ2n) is 4.88. The van der Waals surface area contributed by atoms with Crippen LogP contribution in [0.15, 0.2) is 18.2 Å². The molecule has 1 aromatic carbocycles. The molecule has 1 atom stereocenters. The SMILES string of the molecule is CC(C)CC(C)c1ccc(N)c(C(F)(F)F)c1. The number of rotatable bonds is 3. The van der Waals surface area contributed by atoms with Crippen molar-refractivity contribution in [3.63, 3.8) is 0 Å². The summed E-state index contributed by atoms with van der Waals surface area (Å²) in [5.74, 6) is 0.564. The van der Waals surface area contributed by atoms with Crippen LogP contribution in [0.25, 0.3) is 0 Å².